The number of aromatic nitrogens is 2. The second-order valence-corrected chi connectivity index (χ2v) is 6.57. The Kier molecular flexibility index (Phi) is 5.52. The number of phenols is 2. The van der Waals surface area contributed by atoms with Crippen LogP contribution in [0.3, 0.4) is 0 Å². The summed E-state index contributed by atoms with van der Waals surface area (Å²) in [5, 5.41) is 21.7. The molecule has 3 rings (SSSR count). The van der Waals surface area contributed by atoms with E-state index >= 15 is 0 Å². The average molecular weight is 348 g/mol. The lowest BCUT2D eigenvalue weighted by Crippen LogP contribution is -1.96. The van der Waals surface area contributed by atoms with Crippen LogP contribution < -0.4 is 0 Å². The second kappa shape index (κ2) is 8.00. The molecule has 3 aromatic rings. The van der Waals surface area contributed by atoms with Crippen molar-refractivity contribution in [1.29, 1.82) is 0 Å². The van der Waals surface area contributed by atoms with E-state index in [0.717, 1.165) is 42.4 Å². The topological polar surface area (TPSA) is 66.2 Å². The lowest BCUT2D eigenvalue weighted by atomic mass is 9.91. The molecule has 0 atom stereocenters. The maximum atomic E-state index is 11.1. The van der Waals surface area contributed by atoms with Crippen LogP contribution in [0.15, 0.2) is 48.9 Å². The molecule has 1 aromatic heterocycles. The Morgan fingerprint density at radius 1 is 1.00 bits per heavy atom. The molecule has 0 bridgehead atoms. The van der Waals surface area contributed by atoms with Crippen molar-refractivity contribution in [2.24, 2.45) is 0 Å². The molecule has 26 heavy (non-hydrogen) atoms. The predicted octanol–water partition coefficient (Wildman–Crippen LogP) is 5.26. The summed E-state index contributed by atoms with van der Waals surface area (Å²) in [6, 6.07) is 11.3. The highest BCUT2D eigenvalue weighted by Crippen LogP contribution is 2.45. The van der Waals surface area contributed by atoms with Crippen molar-refractivity contribution in [3.05, 3.63) is 60.0 Å². The molecule has 0 amide bonds. The summed E-state index contributed by atoms with van der Waals surface area (Å²) in [4.78, 5) is 8.30. The molecule has 4 nitrogen and oxygen atoms in total. The first-order valence-electron chi connectivity index (χ1n) is 9.03. The summed E-state index contributed by atoms with van der Waals surface area (Å²) in [5.74, 6) is 0.165. The number of aryl methyl sites for hydroxylation is 2. The minimum atomic E-state index is 0.0702. The summed E-state index contributed by atoms with van der Waals surface area (Å²) in [6.07, 6.45) is 7.13. The van der Waals surface area contributed by atoms with Crippen LogP contribution in [0.4, 0.5) is 0 Å². The zero-order valence-electron chi connectivity index (χ0n) is 15.2. The molecule has 4 heteroatoms. The van der Waals surface area contributed by atoms with Crippen LogP contribution in [0.5, 0.6) is 11.5 Å². The first-order chi connectivity index (χ1) is 12.6. The van der Waals surface area contributed by atoms with E-state index in [1.54, 1.807) is 18.3 Å². The van der Waals surface area contributed by atoms with Crippen LogP contribution in [-0.2, 0) is 6.42 Å². The van der Waals surface area contributed by atoms with Gasteiger partial charge in [0.15, 0.2) is 0 Å². The van der Waals surface area contributed by atoms with Crippen LogP contribution >= 0.6 is 0 Å². The van der Waals surface area contributed by atoms with Gasteiger partial charge in [-0.15, -0.1) is 0 Å². The molecule has 0 saturated carbocycles. The lowest BCUT2D eigenvalue weighted by Gasteiger charge is -2.17. The number of rotatable bonds is 6. The summed E-state index contributed by atoms with van der Waals surface area (Å²) >= 11 is 0. The highest BCUT2D eigenvalue weighted by molar-refractivity contribution is 5.87. The zero-order chi connectivity index (χ0) is 18.5. The summed E-state index contributed by atoms with van der Waals surface area (Å²) in [6.45, 7) is 4.14. The lowest BCUT2D eigenvalue weighted by molar-refractivity contribution is 0.454. The third-order valence-electron chi connectivity index (χ3n) is 4.56. The number of benzene rings is 2. The Morgan fingerprint density at radius 2 is 1.85 bits per heavy atom. The molecule has 0 unspecified atom stereocenters. The number of hydrogen-bond donors (Lipinski definition) is 2. The van der Waals surface area contributed by atoms with Crippen molar-refractivity contribution >= 4 is 0 Å². The molecule has 0 fully saturated rings. The average Bonchev–Trinajstić information content (AvgIpc) is 2.62. The third-order valence-corrected chi connectivity index (χ3v) is 4.56. The number of hydrogen-bond acceptors (Lipinski definition) is 4. The van der Waals surface area contributed by atoms with Gasteiger partial charge in [-0.25, -0.2) is 9.97 Å². The molecule has 0 aliphatic heterocycles. The van der Waals surface area contributed by atoms with Crippen molar-refractivity contribution in [3.63, 3.8) is 0 Å². The van der Waals surface area contributed by atoms with E-state index < -0.39 is 0 Å². The van der Waals surface area contributed by atoms with Crippen LogP contribution in [0.25, 0.3) is 22.4 Å². The normalized spacial score (nSPS) is 10.8. The van der Waals surface area contributed by atoms with Gasteiger partial charge in [-0.3, -0.25) is 0 Å². The third kappa shape index (κ3) is 3.69. The van der Waals surface area contributed by atoms with Crippen molar-refractivity contribution < 1.29 is 10.2 Å². The number of unbranched alkanes of at least 4 members (excludes halogenated alkanes) is 2. The number of aromatic hydroxyl groups is 2. The van der Waals surface area contributed by atoms with E-state index in [1.165, 1.54) is 6.33 Å². The van der Waals surface area contributed by atoms with Gasteiger partial charge in [0.05, 0.1) is 11.3 Å². The standard InChI is InChI=1S/C22H24N2O2/c1-3-4-5-8-17-13-19(25)21(16-9-6-7-15(2)12-16)22(26)20(17)18-10-11-23-14-24-18/h6-7,9-14,25-26H,3-5,8H2,1-2H3. The predicted molar refractivity (Wildman–Crippen MR) is 104 cm³/mol. The van der Waals surface area contributed by atoms with Gasteiger partial charge < -0.3 is 10.2 Å². The van der Waals surface area contributed by atoms with Crippen LogP contribution in [0, 0.1) is 6.92 Å². The minimum absolute atomic E-state index is 0.0702. The molecular formula is C22H24N2O2. The van der Waals surface area contributed by atoms with E-state index in [1.807, 2.05) is 31.2 Å². The van der Waals surface area contributed by atoms with Gasteiger partial charge in [0, 0.05) is 11.8 Å². The van der Waals surface area contributed by atoms with Gasteiger partial charge in [-0.1, -0.05) is 49.6 Å². The number of nitrogens with zero attached hydrogens (tertiary/aromatic N) is 2. The Morgan fingerprint density at radius 3 is 2.54 bits per heavy atom. The van der Waals surface area contributed by atoms with Crippen molar-refractivity contribution in [2.45, 2.75) is 39.5 Å². The molecular weight excluding hydrogens is 324 g/mol. The maximum Gasteiger partial charge on any atom is 0.136 e. The maximum absolute atomic E-state index is 11.1. The van der Waals surface area contributed by atoms with E-state index in [-0.39, 0.29) is 11.5 Å². The van der Waals surface area contributed by atoms with Crippen molar-refractivity contribution in [1.82, 2.24) is 9.97 Å². The fourth-order valence-electron chi connectivity index (χ4n) is 3.28. The van der Waals surface area contributed by atoms with Gasteiger partial charge in [0.2, 0.25) is 0 Å². The van der Waals surface area contributed by atoms with Crippen LogP contribution in [0.1, 0.15) is 37.3 Å². The van der Waals surface area contributed by atoms with Crippen molar-refractivity contribution in [2.75, 3.05) is 0 Å². The molecule has 0 saturated heterocycles. The molecule has 0 radical (unpaired) electrons. The first kappa shape index (κ1) is 17.9. The van der Waals surface area contributed by atoms with Crippen molar-refractivity contribution in [3.8, 4) is 33.9 Å². The van der Waals surface area contributed by atoms with E-state index in [0.29, 0.717) is 16.8 Å². The fraction of sp³-hybridized carbons (Fsp3) is 0.273. The Labute approximate surface area is 154 Å². The van der Waals surface area contributed by atoms with Gasteiger partial charge >= 0.3 is 0 Å². The fourth-order valence-corrected chi connectivity index (χ4v) is 3.28. The monoisotopic (exact) mass is 348 g/mol. The highest BCUT2D eigenvalue weighted by Gasteiger charge is 2.20. The molecule has 0 spiro atoms. The SMILES string of the molecule is CCCCCc1cc(O)c(-c2cccc(C)c2)c(O)c1-c1ccncn1. The first-order valence-corrected chi connectivity index (χ1v) is 9.03. The van der Waals surface area contributed by atoms with Gasteiger partial charge in [0.1, 0.15) is 17.8 Å². The van der Waals surface area contributed by atoms with Gasteiger partial charge in [-0.2, -0.15) is 0 Å². The summed E-state index contributed by atoms with van der Waals surface area (Å²) in [7, 11) is 0. The Bertz CT molecular complexity index is 892. The molecule has 2 aromatic carbocycles. The quantitative estimate of drug-likeness (QED) is 0.596. The van der Waals surface area contributed by atoms with Gasteiger partial charge in [-0.05, 0) is 43.0 Å². The van der Waals surface area contributed by atoms with E-state index in [4.69, 9.17) is 0 Å². The largest absolute Gasteiger partial charge is 0.507 e. The molecule has 0 aliphatic carbocycles. The molecule has 0 aliphatic rings. The Hall–Kier alpha value is -2.88. The molecule has 1 heterocycles. The van der Waals surface area contributed by atoms with Gasteiger partial charge in [0.25, 0.3) is 0 Å². The minimum Gasteiger partial charge on any atom is -0.507 e. The smallest absolute Gasteiger partial charge is 0.136 e. The molecule has 134 valence electrons. The highest BCUT2D eigenvalue weighted by atomic mass is 16.3. The second-order valence-electron chi connectivity index (χ2n) is 6.57. The summed E-state index contributed by atoms with van der Waals surface area (Å²) in [5.41, 5.74) is 4.55. The van der Waals surface area contributed by atoms with Crippen LogP contribution in [-0.4, -0.2) is 20.2 Å². The zero-order valence-corrected chi connectivity index (χ0v) is 15.2. The van der Waals surface area contributed by atoms with E-state index in [2.05, 4.69) is 16.9 Å². The Balaban J connectivity index is 2.19. The van der Waals surface area contributed by atoms with Crippen LogP contribution in [0.2, 0.25) is 0 Å². The summed E-state index contributed by atoms with van der Waals surface area (Å²) < 4.78 is 0. The van der Waals surface area contributed by atoms with E-state index in [9.17, 15) is 10.2 Å². The number of phenolic OH excluding ortho intramolecular Hbond substituents is 2. The molecule has 2 N–H and O–H groups in total.